The molecule has 0 spiro atoms. The van der Waals surface area contributed by atoms with Gasteiger partial charge in [0.05, 0.1) is 0 Å². The molecule has 7 aromatic carbocycles. The molecule has 0 atom stereocenters. The van der Waals surface area contributed by atoms with Crippen LogP contribution in [0.25, 0.3) is 99.9 Å². The largest absolute Gasteiger partial charge is 0.456 e. The Labute approximate surface area is 274 Å². The van der Waals surface area contributed by atoms with Crippen molar-refractivity contribution < 1.29 is 8.83 Å². The van der Waals surface area contributed by atoms with Crippen LogP contribution in [0.15, 0.2) is 160 Å². The van der Waals surface area contributed by atoms with Crippen molar-refractivity contribution in [3.63, 3.8) is 0 Å². The quantitative estimate of drug-likeness (QED) is 0.197. The van der Waals surface area contributed by atoms with Gasteiger partial charge in [-0.25, -0.2) is 15.0 Å². The standard InChI is InChI=1S/C43H25N3O2/c1-2-12-27(13-3-1)41-44-42(33-17-10-20-37-38(33)31-15-6-8-18-35(31)47-37)46-43(45-41)34-24-23-30(29-22-21-26-11-4-5-14-28(26)25-29)40-39(34)32-16-7-9-19-36(32)48-40/h1-25H. The molecule has 0 fully saturated rings. The molecule has 0 radical (unpaired) electrons. The summed E-state index contributed by atoms with van der Waals surface area (Å²) in [6.07, 6.45) is 0. The lowest BCUT2D eigenvalue weighted by molar-refractivity contribution is 0.669. The monoisotopic (exact) mass is 615 g/mol. The van der Waals surface area contributed by atoms with E-state index in [0.29, 0.717) is 17.5 Å². The maximum Gasteiger partial charge on any atom is 0.164 e. The molecule has 5 heteroatoms. The number of nitrogens with zero attached hydrogens (tertiary/aromatic N) is 3. The van der Waals surface area contributed by atoms with Crippen LogP contribution in [-0.4, -0.2) is 15.0 Å². The van der Waals surface area contributed by atoms with E-state index in [1.165, 1.54) is 10.8 Å². The third-order valence-corrected chi connectivity index (χ3v) is 9.14. The van der Waals surface area contributed by atoms with E-state index in [1.807, 2.05) is 78.9 Å². The molecule has 0 amide bonds. The molecule has 0 bridgehead atoms. The summed E-state index contributed by atoms with van der Waals surface area (Å²) in [6, 6.07) is 51.6. The lowest BCUT2D eigenvalue weighted by Gasteiger charge is -2.11. The van der Waals surface area contributed by atoms with Crippen LogP contribution < -0.4 is 0 Å². The number of rotatable bonds is 4. The number of para-hydroxylation sites is 2. The highest BCUT2D eigenvalue weighted by Crippen LogP contribution is 2.42. The Morgan fingerprint density at radius 1 is 0.354 bits per heavy atom. The fourth-order valence-electron chi connectivity index (χ4n) is 6.89. The molecule has 0 aliphatic carbocycles. The zero-order valence-electron chi connectivity index (χ0n) is 25.6. The molecule has 0 N–H and O–H groups in total. The van der Waals surface area contributed by atoms with Gasteiger partial charge < -0.3 is 8.83 Å². The summed E-state index contributed by atoms with van der Waals surface area (Å²) in [5, 5.41) is 6.36. The highest BCUT2D eigenvalue weighted by atomic mass is 16.3. The van der Waals surface area contributed by atoms with Crippen LogP contribution in [0.4, 0.5) is 0 Å². The fourth-order valence-corrected chi connectivity index (χ4v) is 6.89. The molecule has 0 unspecified atom stereocenters. The highest BCUT2D eigenvalue weighted by molar-refractivity contribution is 6.16. The van der Waals surface area contributed by atoms with E-state index in [9.17, 15) is 0 Å². The maximum atomic E-state index is 6.65. The zero-order valence-corrected chi connectivity index (χ0v) is 25.6. The predicted molar refractivity (Wildman–Crippen MR) is 194 cm³/mol. The van der Waals surface area contributed by atoms with Gasteiger partial charge in [-0.15, -0.1) is 0 Å². The van der Waals surface area contributed by atoms with Crippen molar-refractivity contribution in [2.75, 3.05) is 0 Å². The number of fused-ring (bicyclic) bond motifs is 7. The maximum absolute atomic E-state index is 6.65. The molecule has 0 aliphatic rings. The van der Waals surface area contributed by atoms with E-state index in [4.69, 9.17) is 23.8 Å². The third-order valence-electron chi connectivity index (χ3n) is 9.14. The van der Waals surface area contributed by atoms with Crippen molar-refractivity contribution in [1.82, 2.24) is 15.0 Å². The first-order valence-electron chi connectivity index (χ1n) is 15.9. The van der Waals surface area contributed by atoms with Crippen LogP contribution in [0.3, 0.4) is 0 Å². The van der Waals surface area contributed by atoms with Crippen molar-refractivity contribution in [1.29, 1.82) is 0 Å². The predicted octanol–water partition coefficient (Wildman–Crippen LogP) is 11.5. The lowest BCUT2D eigenvalue weighted by atomic mass is 9.96. The summed E-state index contributed by atoms with van der Waals surface area (Å²) in [5.74, 6) is 1.75. The molecular formula is C43H25N3O2. The van der Waals surface area contributed by atoms with Crippen molar-refractivity contribution in [3.8, 4) is 45.3 Å². The lowest BCUT2D eigenvalue weighted by Crippen LogP contribution is -2.01. The first-order valence-corrected chi connectivity index (χ1v) is 15.9. The van der Waals surface area contributed by atoms with E-state index >= 15 is 0 Å². The van der Waals surface area contributed by atoms with Crippen LogP contribution in [-0.2, 0) is 0 Å². The minimum absolute atomic E-state index is 0.574. The molecular weight excluding hydrogens is 590 g/mol. The second-order valence-corrected chi connectivity index (χ2v) is 12.0. The van der Waals surface area contributed by atoms with Gasteiger partial charge in [0.25, 0.3) is 0 Å². The molecule has 0 saturated heterocycles. The summed E-state index contributed by atoms with van der Waals surface area (Å²) in [7, 11) is 0. The fraction of sp³-hybridized carbons (Fsp3) is 0. The number of furan rings is 2. The Hall–Kier alpha value is -6.59. The van der Waals surface area contributed by atoms with Crippen LogP contribution in [0, 0.1) is 0 Å². The van der Waals surface area contributed by atoms with Crippen LogP contribution in [0.2, 0.25) is 0 Å². The number of aromatic nitrogens is 3. The Bertz CT molecular complexity index is 2850. The van der Waals surface area contributed by atoms with Gasteiger partial charge in [-0.05, 0) is 52.7 Å². The minimum Gasteiger partial charge on any atom is -0.456 e. The van der Waals surface area contributed by atoms with Gasteiger partial charge in [0.1, 0.15) is 22.3 Å². The van der Waals surface area contributed by atoms with Gasteiger partial charge in [0.2, 0.25) is 0 Å². The Morgan fingerprint density at radius 2 is 0.958 bits per heavy atom. The van der Waals surface area contributed by atoms with E-state index < -0.39 is 0 Å². The topological polar surface area (TPSA) is 65.0 Å². The first kappa shape index (κ1) is 26.6. The summed E-state index contributed by atoms with van der Waals surface area (Å²) < 4.78 is 12.9. The van der Waals surface area contributed by atoms with Gasteiger partial charge in [-0.2, -0.15) is 0 Å². The molecule has 3 aromatic heterocycles. The van der Waals surface area contributed by atoms with Gasteiger partial charge in [-0.3, -0.25) is 0 Å². The third kappa shape index (κ3) is 4.15. The Balaban J connectivity index is 1.26. The summed E-state index contributed by atoms with van der Waals surface area (Å²) in [5.41, 5.74) is 8.02. The summed E-state index contributed by atoms with van der Waals surface area (Å²) in [6.45, 7) is 0. The molecule has 48 heavy (non-hydrogen) atoms. The molecule has 5 nitrogen and oxygen atoms in total. The van der Waals surface area contributed by atoms with Crippen LogP contribution in [0.5, 0.6) is 0 Å². The number of benzene rings is 7. The molecule has 3 heterocycles. The first-order chi connectivity index (χ1) is 23.8. The van der Waals surface area contributed by atoms with E-state index in [-0.39, 0.29) is 0 Å². The van der Waals surface area contributed by atoms with Crippen molar-refractivity contribution in [2.45, 2.75) is 0 Å². The van der Waals surface area contributed by atoms with Crippen molar-refractivity contribution in [3.05, 3.63) is 152 Å². The summed E-state index contributed by atoms with van der Waals surface area (Å²) in [4.78, 5) is 15.4. The van der Waals surface area contributed by atoms with E-state index in [1.54, 1.807) is 0 Å². The minimum atomic E-state index is 0.574. The van der Waals surface area contributed by atoms with Gasteiger partial charge in [-0.1, -0.05) is 115 Å². The van der Waals surface area contributed by atoms with Gasteiger partial charge >= 0.3 is 0 Å². The number of hydrogen-bond acceptors (Lipinski definition) is 5. The average molecular weight is 616 g/mol. The molecule has 0 saturated carbocycles. The second kappa shape index (κ2) is 10.5. The molecule has 10 rings (SSSR count). The number of hydrogen-bond donors (Lipinski definition) is 0. The van der Waals surface area contributed by atoms with E-state index in [0.717, 1.165) is 71.7 Å². The zero-order chi connectivity index (χ0) is 31.6. The van der Waals surface area contributed by atoms with E-state index in [2.05, 4.69) is 72.8 Å². The SMILES string of the molecule is c1ccc(-c2nc(-c3cccc4oc5ccccc5c34)nc(-c3ccc(-c4ccc5ccccc5c4)c4oc5ccccc5c34)n2)cc1. The van der Waals surface area contributed by atoms with Gasteiger partial charge in [0, 0.05) is 43.8 Å². The second-order valence-electron chi connectivity index (χ2n) is 12.0. The van der Waals surface area contributed by atoms with Crippen molar-refractivity contribution in [2.24, 2.45) is 0 Å². The normalized spacial score (nSPS) is 11.8. The van der Waals surface area contributed by atoms with Crippen LogP contribution >= 0.6 is 0 Å². The van der Waals surface area contributed by atoms with Crippen LogP contribution in [0.1, 0.15) is 0 Å². The molecule has 224 valence electrons. The Kier molecular flexibility index (Phi) is 5.81. The Morgan fingerprint density at radius 3 is 1.77 bits per heavy atom. The molecule has 0 aliphatic heterocycles. The molecule has 10 aromatic rings. The van der Waals surface area contributed by atoms with Gasteiger partial charge in [0.15, 0.2) is 17.5 Å². The smallest absolute Gasteiger partial charge is 0.164 e. The highest BCUT2D eigenvalue weighted by Gasteiger charge is 2.22. The van der Waals surface area contributed by atoms with Crippen molar-refractivity contribution >= 4 is 54.6 Å². The average Bonchev–Trinajstić information content (AvgIpc) is 3.74. The summed E-state index contributed by atoms with van der Waals surface area (Å²) >= 11 is 0.